The van der Waals surface area contributed by atoms with Crippen molar-refractivity contribution in [3.05, 3.63) is 0 Å². The maximum Gasteiger partial charge on any atom is 0.0639 e. The Morgan fingerprint density at radius 2 is 2.00 bits per heavy atom. The van der Waals surface area contributed by atoms with Crippen LogP contribution < -0.4 is 4.72 Å². The smallest absolute Gasteiger partial charge is 0.0639 e. The molecule has 0 aromatic rings. The fourth-order valence-electron chi connectivity index (χ4n) is 0.563. The summed E-state index contributed by atoms with van der Waals surface area (Å²) >= 11 is 0. The van der Waals surface area contributed by atoms with E-state index >= 15 is 0 Å². The highest BCUT2D eigenvalue weighted by molar-refractivity contribution is 8.23. The Morgan fingerprint density at radius 1 is 1.50 bits per heavy atom. The van der Waals surface area contributed by atoms with Crippen LogP contribution in [0.15, 0.2) is 0 Å². The third-order valence-electron chi connectivity index (χ3n) is 1.29. The van der Waals surface area contributed by atoms with Crippen LogP contribution in [-0.4, -0.2) is 21.4 Å². The summed E-state index contributed by atoms with van der Waals surface area (Å²) in [4.78, 5) is 0. The molecule has 1 rings (SSSR count). The summed E-state index contributed by atoms with van der Waals surface area (Å²) in [6, 6.07) is 0. The lowest BCUT2D eigenvalue weighted by Gasteiger charge is -2.30. The minimum atomic E-state index is -2.38. The van der Waals surface area contributed by atoms with Crippen LogP contribution in [0, 0.1) is 0 Å². The molecule has 0 aromatic heterocycles. The van der Waals surface area contributed by atoms with E-state index in [4.69, 9.17) is 9.11 Å². The fourth-order valence-corrected chi connectivity index (χ4v) is 1.69. The summed E-state index contributed by atoms with van der Waals surface area (Å²) in [5.41, 5.74) is 0. The lowest BCUT2D eigenvalue weighted by molar-refractivity contribution is 0.474. The molecule has 50 valence electrons. The normalized spacial score (nSPS) is 23.4. The van der Waals surface area contributed by atoms with Crippen molar-refractivity contribution < 1.29 is 9.11 Å². The van der Waals surface area contributed by atoms with E-state index in [1.54, 1.807) is 7.05 Å². The van der Waals surface area contributed by atoms with Gasteiger partial charge in [-0.05, 0) is 12.8 Å². The molecular formula is C4H11NO2S. The van der Waals surface area contributed by atoms with Gasteiger partial charge in [0.25, 0.3) is 0 Å². The zero-order valence-electron chi connectivity index (χ0n) is 4.79. The number of nitrogens with one attached hydrogen (secondary N) is 1. The van der Waals surface area contributed by atoms with Gasteiger partial charge in [0.2, 0.25) is 0 Å². The average molecular weight is 137 g/mol. The molecule has 0 bridgehead atoms. The molecule has 8 heavy (non-hydrogen) atoms. The molecule has 0 atom stereocenters. The fraction of sp³-hybridized carbons (Fsp3) is 1.00. The van der Waals surface area contributed by atoms with Crippen molar-refractivity contribution in [2.75, 3.05) is 7.05 Å². The number of rotatable bonds is 2. The molecule has 0 radical (unpaired) electrons. The van der Waals surface area contributed by atoms with Crippen LogP contribution in [0.1, 0.15) is 12.8 Å². The van der Waals surface area contributed by atoms with Crippen molar-refractivity contribution in [3.8, 4) is 0 Å². The second-order valence-electron chi connectivity index (χ2n) is 2.00. The minimum absolute atomic E-state index is 0.146. The monoisotopic (exact) mass is 137 g/mol. The molecule has 4 heteroatoms. The number of hydrogen-bond donors (Lipinski definition) is 3. The summed E-state index contributed by atoms with van der Waals surface area (Å²) in [5.74, 6) is 0. The summed E-state index contributed by atoms with van der Waals surface area (Å²) in [7, 11) is -0.798. The van der Waals surface area contributed by atoms with Crippen LogP contribution in [0.2, 0.25) is 0 Å². The van der Waals surface area contributed by atoms with Gasteiger partial charge < -0.3 is 0 Å². The Balaban J connectivity index is 2.37. The van der Waals surface area contributed by atoms with Gasteiger partial charge in [-0.25, -0.2) is 4.72 Å². The van der Waals surface area contributed by atoms with Gasteiger partial charge in [0.05, 0.1) is 5.25 Å². The Morgan fingerprint density at radius 3 is 2.12 bits per heavy atom. The first kappa shape index (κ1) is 6.35. The molecule has 0 unspecified atom stereocenters. The van der Waals surface area contributed by atoms with Crippen molar-refractivity contribution in [1.29, 1.82) is 0 Å². The van der Waals surface area contributed by atoms with Crippen molar-refractivity contribution in [2.24, 2.45) is 0 Å². The molecule has 0 amide bonds. The molecule has 1 saturated carbocycles. The second-order valence-corrected chi connectivity index (χ2v) is 4.26. The Hall–Kier alpha value is 0.230. The van der Waals surface area contributed by atoms with E-state index in [0.29, 0.717) is 0 Å². The lowest BCUT2D eigenvalue weighted by Crippen LogP contribution is -2.18. The van der Waals surface area contributed by atoms with Gasteiger partial charge in [-0.1, -0.05) is 0 Å². The lowest BCUT2D eigenvalue weighted by atomic mass is 11.0. The van der Waals surface area contributed by atoms with Crippen LogP contribution >= 0.6 is 10.8 Å². The quantitative estimate of drug-likeness (QED) is 0.533. The maximum absolute atomic E-state index is 8.99. The van der Waals surface area contributed by atoms with Crippen LogP contribution in [0.25, 0.3) is 0 Å². The molecule has 0 spiro atoms. The first-order valence-corrected chi connectivity index (χ1v) is 4.23. The topological polar surface area (TPSA) is 52.5 Å². The Labute approximate surface area is 50.6 Å². The minimum Gasteiger partial charge on any atom is -0.285 e. The zero-order chi connectivity index (χ0) is 6.20. The van der Waals surface area contributed by atoms with Gasteiger partial charge in [-0.15, -0.1) is 10.8 Å². The predicted octanol–water partition coefficient (Wildman–Crippen LogP) is 1.03. The van der Waals surface area contributed by atoms with Gasteiger partial charge in [-0.2, -0.15) is 0 Å². The molecule has 0 heterocycles. The highest BCUT2D eigenvalue weighted by atomic mass is 32.3. The molecule has 0 aromatic carbocycles. The summed E-state index contributed by atoms with van der Waals surface area (Å²) in [5, 5.41) is 0.146. The van der Waals surface area contributed by atoms with Crippen molar-refractivity contribution in [3.63, 3.8) is 0 Å². The molecule has 0 saturated heterocycles. The van der Waals surface area contributed by atoms with E-state index in [-0.39, 0.29) is 5.25 Å². The third kappa shape index (κ3) is 1.14. The molecule has 1 aliphatic rings. The van der Waals surface area contributed by atoms with Crippen LogP contribution in [0.5, 0.6) is 0 Å². The molecular weight excluding hydrogens is 126 g/mol. The molecule has 0 aliphatic heterocycles. The Bertz CT molecular complexity index is 92.0. The average Bonchev–Trinajstić information content (AvgIpc) is 2.44. The molecule has 3 nitrogen and oxygen atoms in total. The van der Waals surface area contributed by atoms with Crippen LogP contribution in [0.4, 0.5) is 0 Å². The van der Waals surface area contributed by atoms with Gasteiger partial charge >= 0.3 is 0 Å². The second kappa shape index (κ2) is 1.88. The van der Waals surface area contributed by atoms with Gasteiger partial charge in [0, 0.05) is 7.05 Å². The van der Waals surface area contributed by atoms with Crippen molar-refractivity contribution >= 4 is 10.8 Å². The highest BCUT2D eigenvalue weighted by Gasteiger charge is 2.34. The van der Waals surface area contributed by atoms with Crippen molar-refractivity contribution in [2.45, 2.75) is 18.1 Å². The SMILES string of the molecule is CNS(O)(O)C1CC1. The van der Waals surface area contributed by atoms with E-state index in [2.05, 4.69) is 4.72 Å². The third-order valence-corrected chi connectivity index (χ3v) is 3.29. The predicted molar refractivity (Wildman–Crippen MR) is 34.9 cm³/mol. The summed E-state index contributed by atoms with van der Waals surface area (Å²) < 4.78 is 20.5. The Kier molecular flexibility index (Phi) is 1.49. The summed E-state index contributed by atoms with van der Waals surface area (Å²) in [6.45, 7) is 0. The zero-order valence-corrected chi connectivity index (χ0v) is 5.61. The van der Waals surface area contributed by atoms with E-state index in [9.17, 15) is 0 Å². The van der Waals surface area contributed by atoms with Gasteiger partial charge in [0.15, 0.2) is 0 Å². The van der Waals surface area contributed by atoms with E-state index < -0.39 is 10.8 Å². The standard InChI is InChI=1S/C4H11NO2S/c1-5-8(6,7)4-2-3-4/h4-7H,2-3H2,1H3. The highest BCUT2D eigenvalue weighted by Crippen LogP contribution is 2.51. The first-order valence-electron chi connectivity index (χ1n) is 2.62. The first-order chi connectivity index (χ1) is 3.67. The molecule has 3 N–H and O–H groups in total. The van der Waals surface area contributed by atoms with E-state index in [1.807, 2.05) is 0 Å². The largest absolute Gasteiger partial charge is 0.285 e. The summed E-state index contributed by atoms with van der Waals surface area (Å²) in [6.07, 6.45) is 1.92. The number of hydrogen-bond acceptors (Lipinski definition) is 3. The molecule has 1 aliphatic carbocycles. The van der Waals surface area contributed by atoms with E-state index in [1.165, 1.54) is 0 Å². The van der Waals surface area contributed by atoms with Crippen LogP contribution in [0.3, 0.4) is 0 Å². The van der Waals surface area contributed by atoms with Crippen molar-refractivity contribution in [1.82, 2.24) is 4.72 Å². The molecule has 1 fully saturated rings. The van der Waals surface area contributed by atoms with E-state index in [0.717, 1.165) is 12.8 Å². The maximum atomic E-state index is 8.99. The van der Waals surface area contributed by atoms with Crippen LogP contribution in [-0.2, 0) is 0 Å². The van der Waals surface area contributed by atoms with Gasteiger partial charge in [0.1, 0.15) is 0 Å². The van der Waals surface area contributed by atoms with Gasteiger partial charge in [-0.3, -0.25) is 9.11 Å².